The van der Waals surface area contributed by atoms with Gasteiger partial charge < -0.3 is 15.0 Å². The van der Waals surface area contributed by atoms with Gasteiger partial charge in [0.25, 0.3) is 0 Å². The van der Waals surface area contributed by atoms with Crippen molar-refractivity contribution in [3.8, 4) is 0 Å². The van der Waals surface area contributed by atoms with E-state index in [1.165, 1.54) is 7.11 Å². The Bertz CT molecular complexity index is 349. The zero-order valence-corrected chi connectivity index (χ0v) is 13.4. The molecule has 1 rings (SSSR count). The molecule has 2 unspecified atom stereocenters. The number of piperidine rings is 1. The van der Waals surface area contributed by atoms with E-state index in [2.05, 4.69) is 5.32 Å². The number of esters is 1. The van der Waals surface area contributed by atoms with Crippen LogP contribution in [-0.4, -0.2) is 50.6 Å². The number of nitrogens with one attached hydrogen (secondary N) is 1. The molecule has 1 aliphatic heterocycles. The number of amides is 1. The Kier molecular flexibility index (Phi) is 5.99. The highest BCUT2D eigenvalue weighted by atomic mass is 16.5. The largest absolute Gasteiger partial charge is 0.469 e. The molecular weight excluding hydrogens is 256 g/mol. The lowest BCUT2D eigenvalue weighted by atomic mass is 9.74. The highest BCUT2D eigenvalue weighted by Crippen LogP contribution is 2.33. The van der Waals surface area contributed by atoms with E-state index in [4.69, 9.17) is 4.74 Å². The molecule has 1 amide bonds. The molecule has 20 heavy (non-hydrogen) atoms. The predicted molar refractivity (Wildman–Crippen MR) is 78.2 cm³/mol. The van der Waals surface area contributed by atoms with E-state index >= 15 is 0 Å². The fourth-order valence-electron chi connectivity index (χ4n) is 2.90. The minimum atomic E-state index is -0.405. The first kappa shape index (κ1) is 17.0. The fraction of sp³-hybridized carbons (Fsp3) is 0.867. The number of hydrogen-bond donors (Lipinski definition) is 1. The molecule has 0 aromatic rings. The molecule has 1 N–H and O–H groups in total. The third-order valence-corrected chi connectivity index (χ3v) is 4.37. The van der Waals surface area contributed by atoms with Crippen molar-refractivity contribution in [2.45, 2.75) is 33.6 Å². The Morgan fingerprint density at radius 1 is 1.45 bits per heavy atom. The normalized spacial score (nSPS) is 21.1. The zero-order valence-electron chi connectivity index (χ0n) is 13.4. The van der Waals surface area contributed by atoms with E-state index in [9.17, 15) is 9.59 Å². The van der Waals surface area contributed by atoms with Gasteiger partial charge in [0.05, 0.1) is 13.0 Å². The van der Waals surface area contributed by atoms with Gasteiger partial charge in [0.15, 0.2) is 0 Å². The van der Waals surface area contributed by atoms with Gasteiger partial charge >= 0.3 is 5.97 Å². The van der Waals surface area contributed by atoms with Gasteiger partial charge in [0.2, 0.25) is 5.91 Å². The van der Waals surface area contributed by atoms with Crippen molar-refractivity contribution < 1.29 is 14.3 Å². The smallest absolute Gasteiger partial charge is 0.310 e. The number of nitrogens with zero attached hydrogens (tertiary/aromatic N) is 1. The molecule has 1 saturated heterocycles. The molecule has 0 aromatic heterocycles. The molecule has 0 spiro atoms. The summed E-state index contributed by atoms with van der Waals surface area (Å²) in [5.41, 5.74) is -0.405. The number of methoxy groups -OCH3 is 1. The van der Waals surface area contributed by atoms with Crippen molar-refractivity contribution in [2.75, 3.05) is 33.8 Å². The van der Waals surface area contributed by atoms with Gasteiger partial charge in [0, 0.05) is 19.0 Å². The Morgan fingerprint density at radius 2 is 2.10 bits per heavy atom. The Morgan fingerprint density at radius 3 is 2.60 bits per heavy atom. The summed E-state index contributed by atoms with van der Waals surface area (Å²) in [7, 11) is 3.14. The molecule has 1 heterocycles. The highest BCUT2D eigenvalue weighted by Gasteiger charge is 2.39. The second-order valence-corrected chi connectivity index (χ2v) is 6.37. The fourth-order valence-corrected chi connectivity index (χ4v) is 2.90. The topological polar surface area (TPSA) is 58.6 Å². The number of ether oxygens (including phenoxy) is 1. The van der Waals surface area contributed by atoms with E-state index in [-0.39, 0.29) is 17.8 Å². The van der Waals surface area contributed by atoms with Crippen molar-refractivity contribution >= 4 is 11.9 Å². The van der Waals surface area contributed by atoms with Crippen LogP contribution in [0, 0.1) is 17.3 Å². The molecular formula is C15H28N2O3. The van der Waals surface area contributed by atoms with Crippen LogP contribution in [0.25, 0.3) is 0 Å². The summed E-state index contributed by atoms with van der Waals surface area (Å²) in [4.78, 5) is 25.8. The minimum absolute atomic E-state index is 0.0990. The van der Waals surface area contributed by atoms with Gasteiger partial charge in [-0.2, -0.15) is 0 Å². The van der Waals surface area contributed by atoms with Gasteiger partial charge in [-0.25, -0.2) is 0 Å². The van der Waals surface area contributed by atoms with Gasteiger partial charge in [-0.05, 0) is 31.8 Å². The van der Waals surface area contributed by atoms with Crippen LogP contribution in [0.2, 0.25) is 0 Å². The third kappa shape index (κ3) is 3.95. The van der Waals surface area contributed by atoms with Crippen LogP contribution in [0.5, 0.6) is 0 Å². The Labute approximate surface area is 122 Å². The monoisotopic (exact) mass is 284 g/mol. The van der Waals surface area contributed by atoms with Crippen molar-refractivity contribution in [3.05, 3.63) is 0 Å². The van der Waals surface area contributed by atoms with E-state index in [1.54, 1.807) is 18.9 Å². The van der Waals surface area contributed by atoms with Crippen LogP contribution >= 0.6 is 0 Å². The third-order valence-electron chi connectivity index (χ3n) is 4.37. The maximum absolute atomic E-state index is 12.7. The Hall–Kier alpha value is -1.10. The summed E-state index contributed by atoms with van der Waals surface area (Å²) >= 11 is 0. The van der Waals surface area contributed by atoms with Crippen LogP contribution in [-0.2, 0) is 14.3 Å². The predicted octanol–water partition coefficient (Wildman–Crippen LogP) is 1.28. The summed E-state index contributed by atoms with van der Waals surface area (Å²) in [5.74, 6) is -0.127. The summed E-state index contributed by atoms with van der Waals surface area (Å²) in [6.45, 7) is 8.12. The van der Waals surface area contributed by atoms with Crippen LogP contribution < -0.4 is 5.32 Å². The first-order chi connectivity index (χ1) is 9.30. The first-order valence-corrected chi connectivity index (χ1v) is 7.34. The molecule has 5 heteroatoms. The second-order valence-electron chi connectivity index (χ2n) is 6.37. The molecule has 1 fully saturated rings. The molecule has 0 radical (unpaired) electrons. The van der Waals surface area contributed by atoms with Crippen LogP contribution in [0.1, 0.15) is 33.6 Å². The lowest BCUT2D eigenvalue weighted by Crippen LogP contribution is -2.49. The number of rotatable bonds is 5. The summed E-state index contributed by atoms with van der Waals surface area (Å²) in [6, 6.07) is 0. The van der Waals surface area contributed by atoms with E-state index in [0.717, 1.165) is 25.9 Å². The van der Waals surface area contributed by atoms with Gasteiger partial charge in [0.1, 0.15) is 0 Å². The lowest BCUT2D eigenvalue weighted by Gasteiger charge is -2.38. The second kappa shape index (κ2) is 7.07. The average Bonchev–Trinajstić information content (AvgIpc) is 2.46. The van der Waals surface area contributed by atoms with Gasteiger partial charge in [-0.15, -0.1) is 0 Å². The van der Waals surface area contributed by atoms with E-state index in [0.29, 0.717) is 12.5 Å². The molecule has 116 valence electrons. The maximum atomic E-state index is 12.7. The lowest BCUT2D eigenvalue weighted by molar-refractivity contribution is -0.148. The summed E-state index contributed by atoms with van der Waals surface area (Å²) in [6.07, 6.45) is 2.19. The number of carbonyl (C=O) groups excluding carboxylic acids is 2. The molecule has 0 saturated carbocycles. The molecule has 5 nitrogen and oxygen atoms in total. The number of hydrogen-bond acceptors (Lipinski definition) is 4. The van der Waals surface area contributed by atoms with Crippen LogP contribution in [0.3, 0.4) is 0 Å². The SMILES string of the molecule is COC(=O)C(C)CN(C)C(=O)C(C)(C)C1CCCNC1. The van der Waals surface area contributed by atoms with E-state index < -0.39 is 5.41 Å². The molecule has 0 bridgehead atoms. The average molecular weight is 284 g/mol. The van der Waals surface area contributed by atoms with Gasteiger partial charge in [-0.1, -0.05) is 20.8 Å². The first-order valence-electron chi connectivity index (χ1n) is 7.34. The van der Waals surface area contributed by atoms with Crippen LogP contribution in [0.4, 0.5) is 0 Å². The van der Waals surface area contributed by atoms with Crippen molar-refractivity contribution in [1.82, 2.24) is 10.2 Å². The molecule has 0 aliphatic carbocycles. The minimum Gasteiger partial charge on any atom is -0.469 e. The molecule has 2 atom stereocenters. The van der Waals surface area contributed by atoms with E-state index in [1.807, 2.05) is 13.8 Å². The summed E-state index contributed by atoms with van der Waals surface area (Å²) < 4.78 is 4.71. The molecule has 0 aromatic carbocycles. The standard InChI is InChI=1S/C15H28N2O3/c1-11(13(18)20-5)10-17(4)14(19)15(2,3)12-7-6-8-16-9-12/h11-12,16H,6-10H2,1-5H3. The van der Waals surface area contributed by atoms with Crippen molar-refractivity contribution in [3.63, 3.8) is 0 Å². The summed E-state index contributed by atoms with van der Waals surface area (Å²) in [5, 5.41) is 3.36. The molecule has 1 aliphatic rings. The van der Waals surface area contributed by atoms with Crippen molar-refractivity contribution in [2.24, 2.45) is 17.3 Å². The van der Waals surface area contributed by atoms with Crippen LogP contribution in [0.15, 0.2) is 0 Å². The quantitative estimate of drug-likeness (QED) is 0.773. The highest BCUT2D eigenvalue weighted by molar-refractivity contribution is 5.83. The maximum Gasteiger partial charge on any atom is 0.310 e. The Balaban J connectivity index is 2.64. The number of carbonyl (C=O) groups is 2. The van der Waals surface area contributed by atoms with Crippen molar-refractivity contribution in [1.29, 1.82) is 0 Å². The van der Waals surface area contributed by atoms with Gasteiger partial charge in [-0.3, -0.25) is 9.59 Å². The zero-order chi connectivity index (χ0) is 15.3.